The first-order valence-corrected chi connectivity index (χ1v) is 7.62. The van der Waals surface area contributed by atoms with Crippen molar-refractivity contribution >= 4 is 0 Å². The first-order chi connectivity index (χ1) is 9.65. The van der Waals surface area contributed by atoms with Gasteiger partial charge in [0, 0.05) is 19.3 Å². The molecule has 0 saturated carbocycles. The van der Waals surface area contributed by atoms with E-state index in [1.165, 1.54) is 5.56 Å². The van der Waals surface area contributed by atoms with E-state index in [0.29, 0.717) is 18.6 Å². The number of hydrogen-bond donors (Lipinski definition) is 1. The van der Waals surface area contributed by atoms with Crippen molar-refractivity contribution in [3.8, 4) is 0 Å². The number of nitrogens with one attached hydrogen (secondary N) is 1. The van der Waals surface area contributed by atoms with E-state index in [-0.39, 0.29) is 0 Å². The van der Waals surface area contributed by atoms with Crippen LogP contribution < -0.4 is 5.32 Å². The summed E-state index contributed by atoms with van der Waals surface area (Å²) in [5.74, 6) is 2.58. The maximum Gasteiger partial charge on any atom is 0.130 e. The van der Waals surface area contributed by atoms with Crippen molar-refractivity contribution in [2.24, 2.45) is 5.92 Å². The molecule has 4 nitrogen and oxygen atoms in total. The fourth-order valence-electron chi connectivity index (χ4n) is 2.37. The summed E-state index contributed by atoms with van der Waals surface area (Å²) in [5.41, 5.74) is 1.20. The highest BCUT2D eigenvalue weighted by atomic mass is 16.5. The second-order valence-corrected chi connectivity index (χ2v) is 5.93. The molecule has 114 valence electrons. The zero-order valence-electron chi connectivity index (χ0n) is 12.9. The quantitative estimate of drug-likeness (QED) is 0.834. The topological polar surface area (TPSA) is 43.6 Å². The number of hydrogen-bond acceptors (Lipinski definition) is 4. The van der Waals surface area contributed by atoms with Gasteiger partial charge in [0.25, 0.3) is 0 Å². The molecular weight excluding hydrogens is 254 g/mol. The molecule has 1 saturated heterocycles. The lowest BCUT2D eigenvalue weighted by molar-refractivity contribution is 0.0117. The summed E-state index contributed by atoms with van der Waals surface area (Å²) >= 11 is 0. The fraction of sp³-hybridized carbons (Fsp3) is 0.750. The van der Waals surface area contributed by atoms with Crippen molar-refractivity contribution in [3.63, 3.8) is 0 Å². The van der Waals surface area contributed by atoms with E-state index in [2.05, 4.69) is 32.2 Å². The van der Waals surface area contributed by atoms with Crippen molar-refractivity contribution in [1.29, 1.82) is 0 Å². The highest BCUT2D eigenvalue weighted by molar-refractivity contribution is 5.19. The molecule has 0 amide bonds. The van der Waals surface area contributed by atoms with Gasteiger partial charge in [-0.3, -0.25) is 0 Å². The van der Waals surface area contributed by atoms with Crippen LogP contribution in [-0.2, 0) is 22.6 Å². The third-order valence-corrected chi connectivity index (χ3v) is 3.68. The van der Waals surface area contributed by atoms with Crippen LogP contribution in [0.4, 0.5) is 0 Å². The van der Waals surface area contributed by atoms with Gasteiger partial charge in [0.15, 0.2) is 0 Å². The standard InChI is InChI=1S/C16H27NO3/c1-12(2)17-9-16-13(3)8-15(20-16)11-19-10-14-4-6-18-7-5-14/h8,12,14,17H,4-7,9-11H2,1-3H3. The van der Waals surface area contributed by atoms with Gasteiger partial charge in [-0.2, -0.15) is 0 Å². The van der Waals surface area contributed by atoms with Crippen LogP contribution in [0.5, 0.6) is 0 Å². The summed E-state index contributed by atoms with van der Waals surface area (Å²) < 4.78 is 17.0. The monoisotopic (exact) mass is 281 g/mol. The van der Waals surface area contributed by atoms with Crippen LogP contribution in [0.1, 0.15) is 43.8 Å². The molecule has 0 unspecified atom stereocenters. The van der Waals surface area contributed by atoms with Crippen molar-refractivity contribution in [2.45, 2.75) is 52.8 Å². The van der Waals surface area contributed by atoms with E-state index >= 15 is 0 Å². The van der Waals surface area contributed by atoms with Gasteiger partial charge < -0.3 is 19.2 Å². The number of furan rings is 1. The van der Waals surface area contributed by atoms with Gasteiger partial charge in [0.1, 0.15) is 18.1 Å². The molecule has 0 atom stereocenters. The minimum absolute atomic E-state index is 0.465. The Balaban J connectivity index is 1.73. The SMILES string of the molecule is Cc1cc(COCC2CCOCC2)oc1CNC(C)C. The third kappa shape index (κ3) is 4.93. The molecule has 1 aliphatic heterocycles. The van der Waals surface area contributed by atoms with Crippen LogP contribution in [0.15, 0.2) is 10.5 Å². The van der Waals surface area contributed by atoms with E-state index in [4.69, 9.17) is 13.9 Å². The molecule has 2 rings (SSSR count). The van der Waals surface area contributed by atoms with Gasteiger partial charge in [-0.05, 0) is 37.3 Å². The normalized spacial score (nSPS) is 17.0. The number of aryl methyl sites for hydroxylation is 1. The van der Waals surface area contributed by atoms with E-state index < -0.39 is 0 Å². The molecule has 1 aromatic heterocycles. The molecule has 1 aliphatic rings. The summed E-state index contributed by atoms with van der Waals surface area (Å²) in [6.07, 6.45) is 2.22. The predicted octanol–water partition coefficient (Wildman–Crippen LogP) is 3.03. The van der Waals surface area contributed by atoms with E-state index in [0.717, 1.165) is 50.7 Å². The fourth-order valence-corrected chi connectivity index (χ4v) is 2.37. The van der Waals surface area contributed by atoms with E-state index in [1.54, 1.807) is 0 Å². The van der Waals surface area contributed by atoms with Crippen molar-refractivity contribution in [2.75, 3.05) is 19.8 Å². The average Bonchev–Trinajstić information content (AvgIpc) is 2.78. The summed E-state index contributed by atoms with van der Waals surface area (Å²) in [6.45, 7) is 10.3. The number of rotatable bonds is 7. The summed E-state index contributed by atoms with van der Waals surface area (Å²) in [7, 11) is 0. The lowest BCUT2D eigenvalue weighted by Crippen LogP contribution is -2.21. The van der Waals surface area contributed by atoms with E-state index in [1.807, 2.05) is 0 Å². The van der Waals surface area contributed by atoms with Gasteiger partial charge in [-0.25, -0.2) is 0 Å². The second kappa shape index (κ2) is 7.81. The van der Waals surface area contributed by atoms with Crippen LogP contribution in [0, 0.1) is 12.8 Å². The molecular formula is C16H27NO3. The van der Waals surface area contributed by atoms with Crippen LogP contribution >= 0.6 is 0 Å². The van der Waals surface area contributed by atoms with Gasteiger partial charge >= 0.3 is 0 Å². The Morgan fingerprint density at radius 1 is 1.35 bits per heavy atom. The Morgan fingerprint density at radius 2 is 2.10 bits per heavy atom. The minimum Gasteiger partial charge on any atom is -0.462 e. The average molecular weight is 281 g/mol. The predicted molar refractivity (Wildman–Crippen MR) is 78.6 cm³/mol. The van der Waals surface area contributed by atoms with Gasteiger partial charge in [0.2, 0.25) is 0 Å². The summed E-state index contributed by atoms with van der Waals surface area (Å²) in [5, 5.41) is 3.38. The van der Waals surface area contributed by atoms with Crippen molar-refractivity contribution in [3.05, 3.63) is 23.2 Å². The molecule has 0 aliphatic carbocycles. The van der Waals surface area contributed by atoms with Crippen LogP contribution in [-0.4, -0.2) is 25.9 Å². The largest absolute Gasteiger partial charge is 0.462 e. The lowest BCUT2D eigenvalue weighted by atomic mass is 10.0. The zero-order valence-corrected chi connectivity index (χ0v) is 12.9. The Morgan fingerprint density at radius 3 is 2.80 bits per heavy atom. The van der Waals surface area contributed by atoms with Crippen molar-refractivity contribution < 1.29 is 13.9 Å². The first-order valence-electron chi connectivity index (χ1n) is 7.62. The smallest absolute Gasteiger partial charge is 0.130 e. The van der Waals surface area contributed by atoms with Gasteiger partial charge in [0.05, 0.1) is 13.2 Å². The van der Waals surface area contributed by atoms with Crippen molar-refractivity contribution in [1.82, 2.24) is 5.32 Å². The van der Waals surface area contributed by atoms with Gasteiger partial charge in [-0.15, -0.1) is 0 Å². The molecule has 0 radical (unpaired) electrons. The summed E-state index contributed by atoms with van der Waals surface area (Å²) in [4.78, 5) is 0. The maximum atomic E-state index is 5.84. The van der Waals surface area contributed by atoms with Crippen LogP contribution in [0.3, 0.4) is 0 Å². The molecule has 1 aromatic rings. The molecule has 1 fully saturated rings. The zero-order chi connectivity index (χ0) is 14.4. The molecule has 20 heavy (non-hydrogen) atoms. The summed E-state index contributed by atoms with van der Waals surface area (Å²) in [6, 6.07) is 2.55. The Hall–Kier alpha value is -0.840. The van der Waals surface area contributed by atoms with Crippen LogP contribution in [0.2, 0.25) is 0 Å². The first kappa shape index (κ1) is 15.5. The molecule has 4 heteroatoms. The Labute approximate surface area is 121 Å². The minimum atomic E-state index is 0.465. The Bertz CT molecular complexity index is 394. The second-order valence-electron chi connectivity index (χ2n) is 5.93. The third-order valence-electron chi connectivity index (χ3n) is 3.68. The highest BCUT2D eigenvalue weighted by Crippen LogP contribution is 2.18. The van der Waals surface area contributed by atoms with E-state index in [9.17, 15) is 0 Å². The lowest BCUT2D eigenvalue weighted by Gasteiger charge is -2.21. The molecule has 0 bridgehead atoms. The molecule has 0 spiro atoms. The van der Waals surface area contributed by atoms with Gasteiger partial charge in [-0.1, -0.05) is 13.8 Å². The molecule has 2 heterocycles. The highest BCUT2D eigenvalue weighted by Gasteiger charge is 2.14. The molecule has 0 aromatic carbocycles. The Kier molecular flexibility index (Phi) is 6.07. The van der Waals surface area contributed by atoms with Crippen LogP contribution in [0.25, 0.3) is 0 Å². The number of ether oxygens (including phenoxy) is 2. The molecule has 1 N–H and O–H groups in total. The maximum absolute atomic E-state index is 5.84.